The first-order valence-corrected chi connectivity index (χ1v) is 7.64. The molecule has 0 saturated heterocycles. The number of esters is 1. The van der Waals surface area contributed by atoms with Crippen LogP contribution in [0.1, 0.15) is 42.5 Å². The molecule has 0 unspecified atom stereocenters. The smallest absolute Gasteiger partial charge is 0.342 e. The molecule has 2 aromatic rings. The maximum Gasteiger partial charge on any atom is 0.342 e. The number of ether oxygens (including phenoxy) is 1. The zero-order valence-corrected chi connectivity index (χ0v) is 14.3. The Hall–Kier alpha value is -2.70. The zero-order chi connectivity index (χ0) is 17.9. The van der Waals surface area contributed by atoms with Crippen LogP contribution in [0.5, 0.6) is 0 Å². The molecule has 7 heteroatoms. The second-order valence-corrected chi connectivity index (χ2v) is 6.54. The van der Waals surface area contributed by atoms with Gasteiger partial charge in [-0.25, -0.2) is 14.3 Å². The van der Waals surface area contributed by atoms with Crippen LogP contribution in [0.15, 0.2) is 30.5 Å². The minimum atomic E-state index is -0.507. The second kappa shape index (κ2) is 6.82. The van der Waals surface area contributed by atoms with Crippen molar-refractivity contribution in [2.45, 2.75) is 39.7 Å². The normalized spacial score (nSPS) is 11.3. The highest BCUT2D eigenvalue weighted by atomic mass is 16.6. The van der Waals surface area contributed by atoms with Crippen LogP contribution in [0, 0.1) is 17.0 Å². The van der Waals surface area contributed by atoms with E-state index in [9.17, 15) is 14.9 Å². The van der Waals surface area contributed by atoms with Gasteiger partial charge in [0.1, 0.15) is 19.3 Å². The number of benzene rings is 1. The average Bonchev–Trinajstić information content (AvgIpc) is 2.88. The van der Waals surface area contributed by atoms with Crippen molar-refractivity contribution in [1.82, 2.24) is 9.55 Å². The number of hydrogen-bond donors (Lipinski definition) is 0. The van der Waals surface area contributed by atoms with Crippen molar-refractivity contribution in [3.05, 3.63) is 57.5 Å². The van der Waals surface area contributed by atoms with Crippen molar-refractivity contribution in [3.63, 3.8) is 0 Å². The van der Waals surface area contributed by atoms with E-state index in [1.165, 1.54) is 10.8 Å². The summed E-state index contributed by atoms with van der Waals surface area (Å²) in [5.41, 5.74) is 1.60. The standard InChI is InChI=1S/C17H21N3O4/c1-12-18-11-15(20(22)23)19(12)9-10-24-16(21)13-5-7-14(8-6-13)17(2,3)4/h5-8,11H,9-10H2,1-4H3. The third-order valence-corrected chi connectivity index (χ3v) is 3.76. The summed E-state index contributed by atoms with van der Waals surface area (Å²) in [6, 6.07) is 7.27. The van der Waals surface area contributed by atoms with Crippen molar-refractivity contribution < 1.29 is 14.5 Å². The van der Waals surface area contributed by atoms with Crippen LogP contribution in [-0.4, -0.2) is 27.1 Å². The first kappa shape index (κ1) is 17.7. The van der Waals surface area contributed by atoms with E-state index in [4.69, 9.17) is 4.74 Å². The molecule has 0 spiro atoms. The fraction of sp³-hybridized carbons (Fsp3) is 0.412. The van der Waals surface area contributed by atoms with Crippen LogP contribution < -0.4 is 0 Å². The van der Waals surface area contributed by atoms with E-state index >= 15 is 0 Å². The van der Waals surface area contributed by atoms with Gasteiger partial charge in [-0.05, 0) is 28.0 Å². The molecular formula is C17H21N3O4. The van der Waals surface area contributed by atoms with E-state index in [0.717, 1.165) is 5.56 Å². The fourth-order valence-corrected chi connectivity index (χ4v) is 2.30. The minimum absolute atomic E-state index is 0.0142. The number of imidazole rings is 1. The molecule has 0 N–H and O–H groups in total. The van der Waals surface area contributed by atoms with Gasteiger partial charge >= 0.3 is 11.8 Å². The largest absolute Gasteiger partial charge is 0.458 e. The molecule has 0 bridgehead atoms. The van der Waals surface area contributed by atoms with Crippen molar-refractivity contribution in [2.75, 3.05) is 6.61 Å². The number of nitro groups is 1. The Morgan fingerprint density at radius 1 is 1.29 bits per heavy atom. The predicted molar refractivity (Wildman–Crippen MR) is 89.0 cm³/mol. The van der Waals surface area contributed by atoms with Crippen molar-refractivity contribution >= 4 is 11.8 Å². The summed E-state index contributed by atoms with van der Waals surface area (Å²) in [5, 5.41) is 10.9. The van der Waals surface area contributed by atoms with Crippen LogP contribution in [0.3, 0.4) is 0 Å². The molecule has 2 rings (SSSR count). The molecule has 0 saturated carbocycles. The molecule has 7 nitrogen and oxygen atoms in total. The number of aromatic nitrogens is 2. The second-order valence-electron chi connectivity index (χ2n) is 6.54. The molecule has 128 valence electrons. The van der Waals surface area contributed by atoms with Crippen LogP contribution in [-0.2, 0) is 16.7 Å². The van der Waals surface area contributed by atoms with Gasteiger partial charge in [-0.3, -0.25) is 0 Å². The van der Waals surface area contributed by atoms with Gasteiger partial charge in [-0.1, -0.05) is 32.9 Å². The molecule has 0 aliphatic rings. The van der Waals surface area contributed by atoms with Gasteiger partial charge in [0, 0.05) is 6.92 Å². The summed E-state index contributed by atoms with van der Waals surface area (Å²) in [5.74, 6) is -0.0544. The summed E-state index contributed by atoms with van der Waals surface area (Å²) >= 11 is 0. The zero-order valence-electron chi connectivity index (χ0n) is 14.3. The topological polar surface area (TPSA) is 87.3 Å². The van der Waals surface area contributed by atoms with E-state index in [0.29, 0.717) is 11.4 Å². The van der Waals surface area contributed by atoms with E-state index in [2.05, 4.69) is 25.8 Å². The third-order valence-electron chi connectivity index (χ3n) is 3.76. The lowest BCUT2D eigenvalue weighted by Crippen LogP contribution is -2.14. The van der Waals surface area contributed by atoms with Crippen molar-refractivity contribution in [1.29, 1.82) is 0 Å². The average molecular weight is 331 g/mol. The van der Waals surface area contributed by atoms with Crippen LogP contribution >= 0.6 is 0 Å². The third kappa shape index (κ3) is 3.98. The molecular weight excluding hydrogens is 310 g/mol. The lowest BCUT2D eigenvalue weighted by atomic mass is 9.87. The van der Waals surface area contributed by atoms with E-state index in [-0.39, 0.29) is 24.4 Å². The van der Waals surface area contributed by atoms with Crippen LogP contribution in [0.25, 0.3) is 0 Å². The summed E-state index contributed by atoms with van der Waals surface area (Å²) in [7, 11) is 0. The Kier molecular flexibility index (Phi) is 5.02. The summed E-state index contributed by atoms with van der Waals surface area (Å²) in [4.78, 5) is 26.4. The summed E-state index contributed by atoms with van der Waals surface area (Å²) in [6.07, 6.45) is 1.20. The van der Waals surface area contributed by atoms with E-state index < -0.39 is 10.9 Å². The van der Waals surface area contributed by atoms with Gasteiger partial charge in [-0.2, -0.15) is 0 Å². The number of hydrogen-bond acceptors (Lipinski definition) is 5. The van der Waals surface area contributed by atoms with Crippen molar-refractivity contribution in [3.8, 4) is 0 Å². The molecule has 1 heterocycles. The lowest BCUT2D eigenvalue weighted by Gasteiger charge is -2.18. The Bertz CT molecular complexity index is 742. The molecule has 0 aliphatic heterocycles. The van der Waals surface area contributed by atoms with Gasteiger partial charge in [0.05, 0.1) is 5.56 Å². The summed E-state index contributed by atoms with van der Waals surface area (Å²) < 4.78 is 6.62. The maximum atomic E-state index is 12.1. The molecule has 0 atom stereocenters. The SMILES string of the molecule is Cc1ncc([N+](=O)[O-])n1CCOC(=O)c1ccc(C(C)(C)C)cc1. The predicted octanol–water partition coefficient (Wildman–Crippen LogP) is 3.25. The Balaban J connectivity index is 1.97. The highest BCUT2D eigenvalue weighted by Gasteiger charge is 2.18. The number of carbonyl (C=O) groups is 1. The number of aryl methyl sites for hydroxylation is 1. The highest BCUT2D eigenvalue weighted by molar-refractivity contribution is 5.89. The maximum absolute atomic E-state index is 12.1. The minimum Gasteiger partial charge on any atom is -0.458 e. The van der Waals surface area contributed by atoms with E-state index in [1.807, 2.05) is 12.1 Å². The summed E-state index contributed by atoms with van der Waals surface area (Å²) in [6.45, 7) is 8.19. The highest BCUT2D eigenvalue weighted by Crippen LogP contribution is 2.22. The van der Waals surface area contributed by atoms with Gasteiger partial charge < -0.3 is 14.9 Å². The number of rotatable bonds is 5. The van der Waals surface area contributed by atoms with Crippen LogP contribution in [0.2, 0.25) is 0 Å². The molecule has 24 heavy (non-hydrogen) atoms. The first-order chi connectivity index (χ1) is 11.2. The lowest BCUT2D eigenvalue weighted by molar-refractivity contribution is -0.392. The van der Waals surface area contributed by atoms with Gasteiger partial charge in [0.2, 0.25) is 0 Å². The van der Waals surface area contributed by atoms with Gasteiger partial charge in [-0.15, -0.1) is 0 Å². The number of carbonyl (C=O) groups excluding carboxylic acids is 1. The quantitative estimate of drug-likeness (QED) is 0.477. The van der Waals surface area contributed by atoms with Crippen LogP contribution in [0.4, 0.5) is 5.82 Å². The van der Waals surface area contributed by atoms with Gasteiger partial charge in [0.25, 0.3) is 0 Å². The Morgan fingerprint density at radius 2 is 1.92 bits per heavy atom. The molecule has 0 amide bonds. The fourth-order valence-electron chi connectivity index (χ4n) is 2.30. The monoisotopic (exact) mass is 331 g/mol. The van der Waals surface area contributed by atoms with E-state index in [1.54, 1.807) is 19.1 Å². The van der Waals surface area contributed by atoms with Crippen molar-refractivity contribution in [2.24, 2.45) is 0 Å². The molecule has 1 aromatic carbocycles. The van der Waals surface area contributed by atoms with Gasteiger partial charge in [0.15, 0.2) is 5.82 Å². The molecule has 0 fully saturated rings. The first-order valence-electron chi connectivity index (χ1n) is 7.64. The Labute approximate surface area is 140 Å². The molecule has 1 aromatic heterocycles. The molecule has 0 aliphatic carbocycles. The number of nitrogens with zero attached hydrogens (tertiary/aromatic N) is 3. The Morgan fingerprint density at radius 3 is 2.46 bits per heavy atom. The molecule has 0 radical (unpaired) electrons.